The molecule has 0 saturated carbocycles. The lowest BCUT2D eigenvalue weighted by molar-refractivity contribution is 0.552. The summed E-state index contributed by atoms with van der Waals surface area (Å²) in [5.41, 5.74) is -0.321. The Morgan fingerprint density at radius 2 is 1.68 bits per heavy atom. The van der Waals surface area contributed by atoms with Crippen LogP contribution in [0.15, 0.2) is 50.9 Å². The Balaban J connectivity index is 2.46. The van der Waals surface area contributed by atoms with Crippen molar-refractivity contribution in [2.45, 2.75) is 9.10 Å². The van der Waals surface area contributed by atoms with Gasteiger partial charge in [-0.15, -0.1) is 15.2 Å². The first kappa shape index (κ1) is 14.0. The molecule has 19 heavy (non-hydrogen) atoms. The summed E-state index contributed by atoms with van der Waals surface area (Å²) in [6.07, 6.45) is 0. The van der Waals surface area contributed by atoms with Gasteiger partial charge in [0.05, 0.1) is 5.69 Å². The van der Waals surface area contributed by atoms with Crippen LogP contribution in [0.2, 0.25) is 0 Å². The summed E-state index contributed by atoms with van der Waals surface area (Å²) in [5.74, 6) is 0. The number of halogens is 1. The first-order valence-electron chi connectivity index (χ1n) is 4.91. The minimum Gasteiger partial charge on any atom is -0.278 e. The largest absolute Gasteiger partial charge is 0.334 e. The zero-order valence-electron chi connectivity index (χ0n) is 9.28. The van der Waals surface area contributed by atoms with Crippen molar-refractivity contribution in [1.82, 2.24) is 0 Å². The zero-order valence-corrected chi connectivity index (χ0v) is 11.7. The van der Waals surface area contributed by atoms with Crippen molar-refractivity contribution < 1.29 is 20.7 Å². The summed E-state index contributed by atoms with van der Waals surface area (Å²) in [6, 6.07) is 7.77. The van der Waals surface area contributed by atoms with E-state index in [1.807, 2.05) is 0 Å². The lowest BCUT2D eigenvalue weighted by Gasteiger charge is -2.08. The van der Waals surface area contributed by atoms with Crippen LogP contribution in [0.3, 0.4) is 0 Å². The fourth-order valence-electron chi connectivity index (χ4n) is 1.38. The fraction of sp³-hybridized carbons (Fsp3) is 0. The Labute approximate surface area is 114 Å². The number of thiophene rings is 1. The van der Waals surface area contributed by atoms with Crippen LogP contribution in [0.5, 0.6) is 0 Å². The van der Waals surface area contributed by atoms with Crippen molar-refractivity contribution in [1.29, 1.82) is 0 Å². The molecule has 0 fully saturated rings. The molecule has 0 aliphatic carbocycles. The molecule has 0 aliphatic heterocycles. The molecule has 0 spiro atoms. The maximum atomic E-state index is 13.0. The van der Waals surface area contributed by atoms with Crippen molar-refractivity contribution in [2.75, 3.05) is 4.72 Å². The van der Waals surface area contributed by atoms with Crippen molar-refractivity contribution in [3.05, 3.63) is 41.8 Å². The van der Waals surface area contributed by atoms with Gasteiger partial charge >= 0.3 is 10.2 Å². The maximum absolute atomic E-state index is 13.0. The van der Waals surface area contributed by atoms with Crippen LogP contribution in [-0.4, -0.2) is 16.8 Å². The number of hydrogen-bond donors (Lipinski definition) is 1. The fourth-order valence-corrected chi connectivity index (χ4v) is 4.14. The first-order valence-corrected chi connectivity index (χ1v) is 8.65. The third-order valence-electron chi connectivity index (χ3n) is 2.15. The number of para-hydroxylation sites is 1. The normalized spacial score (nSPS) is 12.3. The topological polar surface area (TPSA) is 80.3 Å². The highest BCUT2D eigenvalue weighted by molar-refractivity contribution is 7.94. The van der Waals surface area contributed by atoms with Crippen LogP contribution in [-0.2, 0) is 20.2 Å². The molecule has 0 saturated heterocycles. The highest BCUT2D eigenvalue weighted by Crippen LogP contribution is 2.26. The maximum Gasteiger partial charge on any atom is 0.334 e. The van der Waals surface area contributed by atoms with Gasteiger partial charge in [-0.3, -0.25) is 4.72 Å². The van der Waals surface area contributed by atoms with Gasteiger partial charge in [0.1, 0.15) is 9.10 Å². The van der Waals surface area contributed by atoms with E-state index in [1.54, 1.807) is 5.38 Å². The zero-order chi connectivity index (χ0) is 14.1. The second kappa shape index (κ2) is 4.91. The number of sulfonamides is 1. The summed E-state index contributed by atoms with van der Waals surface area (Å²) in [4.78, 5) is -0.713. The molecule has 2 aromatic rings. The van der Waals surface area contributed by atoms with E-state index in [0.717, 1.165) is 17.4 Å². The lowest BCUT2D eigenvalue weighted by atomic mass is 10.3. The summed E-state index contributed by atoms with van der Waals surface area (Å²) in [7, 11) is -8.91. The monoisotopic (exact) mass is 321 g/mol. The second-order valence-electron chi connectivity index (χ2n) is 3.47. The first-order chi connectivity index (χ1) is 8.81. The number of nitrogens with one attached hydrogen (secondary N) is 1. The van der Waals surface area contributed by atoms with Gasteiger partial charge in [0.15, 0.2) is 0 Å². The van der Waals surface area contributed by atoms with Crippen LogP contribution >= 0.6 is 11.3 Å². The molecule has 2 rings (SSSR count). The van der Waals surface area contributed by atoms with Gasteiger partial charge in [-0.2, -0.15) is 8.42 Å². The average molecular weight is 321 g/mol. The van der Waals surface area contributed by atoms with E-state index in [0.29, 0.717) is 0 Å². The predicted molar refractivity (Wildman–Crippen MR) is 69.9 cm³/mol. The Morgan fingerprint density at radius 1 is 1.00 bits per heavy atom. The van der Waals surface area contributed by atoms with Crippen molar-refractivity contribution in [2.24, 2.45) is 0 Å². The van der Waals surface area contributed by atoms with E-state index in [9.17, 15) is 20.7 Å². The van der Waals surface area contributed by atoms with Crippen LogP contribution in [0.4, 0.5) is 9.57 Å². The van der Waals surface area contributed by atoms with E-state index < -0.39 is 25.1 Å². The van der Waals surface area contributed by atoms with Gasteiger partial charge in [-0.25, -0.2) is 8.42 Å². The number of hydrogen-bond acceptors (Lipinski definition) is 5. The van der Waals surface area contributed by atoms with Crippen LogP contribution < -0.4 is 4.72 Å². The standard InChI is InChI=1S/C10H8FNO4S3/c11-18(13,14)9-5-2-1-4-8(9)12-19(15,16)10-6-3-7-17-10/h1-7,12H. The molecule has 102 valence electrons. The van der Waals surface area contributed by atoms with Gasteiger partial charge < -0.3 is 0 Å². The van der Waals surface area contributed by atoms with Gasteiger partial charge in [-0.05, 0) is 23.6 Å². The van der Waals surface area contributed by atoms with Gasteiger partial charge in [0.2, 0.25) is 0 Å². The SMILES string of the molecule is O=S(=O)(F)c1ccccc1NS(=O)(=O)c1cccs1. The molecule has 0 atom stereocenters. The molecular formula is C10H8FNO4S3. The molecule has 0 unspecified atom stereocenters. The average Bonchev–Trinajstić information content (AvgIpc) is 2.81. The molecular weight excluding hydrogens is 313 g/mol. The number of anilines is 1. The van der Waals surface area contributed by atoms with Crippen LogP contribution in [0, 0.1) is 0 Å². The molecule has 0 bridgehead atoms. The van der Waals surface area contributed by atoms with Gasteiger partial charge in [0, 0.05) is 0 Å². The highest BCUT2D eigenvalue weighted by atomic mass is 32.3. The second-order valence-corrected chi connectivity index (χ2v) is 7.64. The minimum atomic E-state index is -5.00. The Morgan fingerprint density at radius 3 is 2.26 bits per heavy atom. The molecule has 0 radical (unpaired) electrons. The number of rotatable bonds is 4. The Kier molecular flexibility index (Phi) is 3.61. The summed E-state index contributed by atoms with van der Waals surface area (Å²) in [6.45, 7) is 0. The third kappa shape index (κ3) is 3.11. The van der Waals surface area contributed by atoms with Crippen LogP contribution in [0.1, 0.15) is 0 Å². The Bertz CT molecular complexity index is 782. The summed E-state index contributed by atoms with van der Waals surface area (Å²) < 4.78 is 60.8. The number of benzene rings is 1. The smallest absolute Gasteiger partial charge is 0.278 e. The lowest BCUT2D eigenvalue weighted by Crippen LogP contribution is -2.13. The van der Waals surface area contributed by atoms with E-state index in [-0.39, 0.29) is 9.90 Å². The van der Waals surface area contributed by atoms with Crippen LogP contribution in [0.25, 0.3) is 0 Å². The summed E-state index contributed by atoms with van der Waals surface area (Å²) in [5, 5.41) is 1.56. The third-order valence-corrected chi connectivity index (χ3v) is 5.80. The van der Waals surface area contributed by atoms with Gasteiger partial charge in [-0.1, -0.05) is 18.2 Å². The van der Waals surface area contributed by atoms with E-state index >= 15 is 0 Å². The molecule has 5 nitrogen and oxygen atoms in total. The molecule has 9 heteroatoms. The molecule has 0 amide bonds. The molecule has 1 N–H and O–H groups in total. The minimum absolute atomic E-state index is 0.0126. The van der Waals surface area contributed by atoms with E-state index in [2.05, 4.69) is 4.72 Å². The highest BCUT2D eigenvalue weighted by Gasteiger charge is 2.22. The van der Waals surface area contributed by atoms with Crippen molar-refractivity contribution in [3.8, 4) is 0 Å². The molecule has 1 aromatic heterocycles. The quantitative estimate of drug-likeness (QED) is 0.876. The van der Waals surface area contributed by atoms with Crippen molar-refractivity contribution in [3.63, 3.8) is 0 Å². The predicted octanol–water partition coefficient (Wildman–Crippen LogP) is 2.21. The van der Waals surface area contributed by atoms with E-state index in [1.165, 1.54) is 30.3 Å². The Hall–Kier alpha value is -1.45. The molecule has 1 heterocycles. The van der Waals surface area contributed by atoms with E-state index in [4.69, 9.17) is 0 Å². The summed E-state index contributed by atoms with van der Waals surface area (Å²) >= 11 is 0.969. The molecule has 0 aliphatic rings. The molecule has 1 aromatic carbocycles. The van der Waals surface area contributed by atoms with Crippen molar-refractivity contribution >= 4 is 37.3 Å². The van der Waals surface area contributed by atoms with Gasteiger partial charge in [0.25, 0.3) is 10.0 Å².